The molecule has 154 valence electrons. The highest BCUT2D eigenvalue weighted by Gasteiger charge is 2.27. The minimum atomic E-state index is 0.0286. The molecule has 0 saturated carbocycles. The highest BCUT2D eigenvalue weighted by atomic mass is 14.7. The fourth-order valence-electron chi connectivity index (χ4n) is 4.43. The van der Waals surface area contributed by atoms with Crippen LogP contribution in [-0.2, 0) is 0 Å². The summed E-state index contributed by atoms with van der Waals surface area (Å²) in [4.78, 5) is 0. The summed E-state index contributed by atoms with van der Waals surface area (Å²) in [5.41, 5.74) is 21.7. The maximum Gasteiger partial charge on any atom is 0.122 e. The second-order valence-electron chi connectivity index (χ2n) is 7.83. The smallest absolute Gasteiger partial charge is 0.122 e. The van der Waals surface area contributed by atoms with E-state index in [0.717, 1.165) is 33.4 Å². The quantitative estimate of drug-likeness (QED) is 0.239. The number of nitrogen functional groups attached to an aromatic ring is 2. The Labute approximate surface area is 186 Å². The lowest BCUT2D eigenvalue weighted by molar-refractivity contribution is 1.41. The lowest BCUT2D eigenvalue weighted by Crippen LogP contribution is -2.12. The fraction of sp³-hybridized carbons (Fsp3) is 0. The topological polar surface area (TPSA) is 99.7 Å². The molecule has 0 heterocycles. The summed E-state index contributed by atoms with van der Waals surface area (Å²) >= 11 is 0. The van der Waals surface area contributed by atoms with Crippen LogP contribution in [0.4, 0.5) is 0 Å². The van der Waals surface area contributed by atoms with Gasteiger partial charge in [0.2, 0.25) is 0 Å². The molecular formula is C28H22N4. The van der Waals surface area contributed by atoms with Crippen LogP contribution in [0, 0.1) is 10.8 Å². The Balaban J connectivity index is 1.91. The van der Waals surface area contributed by atoms with Crippen molar-refractivity contribution in [1.29, 1.82) is 10.8 Å². The van der Waals surface area contributed by atoms with Crippen molar-refractivity contribution in [3.63, 3.8) is 0 Å². The summed E-state index contributed by atoms with van der Waals surface area (Å²) in [6, 6.07) is 32.4. The fourth-order valence-corrected chi connectivity index (χ4v) is 4.43. The summed E-state index contributed by atoms with van der Waals surface area (Å²) in [5.74, 6) is 0.0572. The van der Waals surface area contributed by atoms with Crippen LogP contribution in [0.15, 0.2) is 97.1 Å². The second-order valence-corrected chi connectivity index (χ2v) is 7.83. The van der Waals surface area contributed by atoms with Crippen LogP contribution in [0.25, 0.3) is 22.3 Å². The van der Waals surface area contributed by atoms with Crippen molar-refractivity contribution in [1.82, 2.24) is 0 Å². The van der Waals surface area contributed by atoms with Gasteiger partial charge in [0.25, 0.3) is 0 Å². The van der Waals surface area contributed by atoms with Gasteiger partial charge in [-0.2, -0.15) is 0 Å². The molecule has 1 aliphatic carbocycles. The number of rotatable bonds is 4. The highest BCUT2D eigenvalue weighted by Crippen LogP contribution is 2.48. The van der Waals surface area contributed by atoms with Gasteiger partial charge in [-0.05, 0) is 56.7 Å². The molecule has 0 aromatic heterocycles. The third kappa shape index (κ3) is 3.19. The van der Waals surface area contributed by atoms with Crippen molar-refractivity contribution >= 4 is 22.8 Å². The van der Waals surface area contributed by atoms with Gasteiger partial charge < -0.3 is 11.5 Å². The van der Waals surface area contributed by atoms with Crippen LogP contribution in [0.2, 0.25) is 0 Å². The molecule has 0 saturated heterocycles. The number of amidine groups is 2. The third-order valence-electron chi connectivity index (χ3n) is 5.86. The van der Waals surface area contributed by atoms with Crippen molar-refractivity contribution in [2.24, 2.45) is 11.5 Å². The van der Waals surface area contributed by atoms with E-state index in [1.165, 1.54) is 11.1 Å². The van der Waals surface area contributed by atoms with E-state index in [2.05, 4.69) is 48.5 Å². The van der Waals surface area contributed by atoms with Gasteiger partial charge in [-0.25, -0.2) is 0 Å². The average molecular weight is 415 g/mol. The van der Waals surface area contributed by atoms with E-state index < -0.39 is 0 Å². The molecule has 6 N–H and O–H groups in total. The normalized spacial score (nSPS) is 11.6. The summed E-state index contributed by atoms with van der Waals surface area (Å²) < 4.78 is 0. The Bertz CT molecular complexity index is 1320. The Kier molecular flexibility index (Phi) is 4.68. The molecule has 0 aliphatic heterocycles. The second kappa shape index (κ2) is 7.67. The zero-order chi connectivity index (χ0) is 22.2. The van der Waals surface area contributed by atoms with E-state index in [9.17, 15) is 0 Å². The van der Waals surface area contributed by atoms with Crippen molar-refractivity contribution in [3.8, 4) is 11.1 Å². The predicted molar refractivity (Wildman–Crippen MR) is 132 cm³/mol. The standard InChI is InChI=1S/C28H22N4/c29-27(30)19-9-5-7-17(15-19)25(18-8-6-10-20(16-18)28(31)32)26-23-13-3-1-11-21(23)22-12-2-4-14-24(22)26/h1-16H,(H3,29,30)(H3,31,32). The average Bonchev–Trinajstić information content (AvgIpc) is 3.14. The molecule has 4 aromatic carbocycles. The molecule has 4 aromatic rings. The van der Waals surface area contributed by atoms with E-state index in [0.29, 0.717) is 11.1 Å². The molecule has 0 bridgehead atoms. The van der Waals surface area contributed by atoms with Crippen LogP contribution in [0.3, 0.4) is 0 Å². The number of hydrogen-bond donors (Lipinski definition) is 4. The molecule has 32 heavy (non-hydrogen) atoms. The first-order chi connectivity index (χ1) is 15.5. The van der Waals surface area contributed by atoms with Crippen LogP contribution in [0.5, 0.6) is 0 Å². The van der Waals surface area contributed by atoms with Crippen molar-refractivity contribution < 1.29 is 0 Å². The number of fused-ring (bicyclic) bond motifs is 3. The SMILES string of the molecule is N=C(N)c1cccc(C(=C2c3ccccc3-c3ccccc32)c2cccc(C(=N)N)c2)c1. The molecular weight excluding hydrogens is 392 g/mol. The minimum Gasteiger partial charge on any atom is -0.384 e. The number of benzene rings is 4. The van der Waals surface area contributed by atoms with Gasteiger partial charge in [-0.1, -0.05) is 84.9 Å². The van der Waals surface area contributed by atoms with E-state index >= 15 is 0 Å². The Morgan fingerprint density at radius 2 is 0.844 bits per heavy atom. The molecule has 4 heteroatoms. The van der Waals surface area contributed by atoms with Gasteiger partial charge in [0.1, 0.15) is 11.7 Å². The van der Waals surface area contributed by atoms with E-state index in [-0.39, 0.29) is 11.7 Å². The maximum atomic E-state index is 7.93. The Morgan fingerprint density at radius 3 is 1.25 bits per heavy atom. The molecule has 0 atom stereocenters. The molecule has 0 unspecified atom stereocenters. The van der Waals surface area contributed by atoms with Gasteiger partial charge in [0.15, 0.2) is 0 Å². The summed E-state index contributed by atoms with van der Waals surface area (Å²) in [6.45, 7) is 0. The molecule has 0 fully saturated rings. The van der Waals surface area contributed by atoms with Gasteiger partial charge in [-0.15, -0.1) is 0 Å². The Morgan fingerprint density at radius 1 is 0.469 bits per heavy atom. The largest absolute Gasteiger partial charge is 0.384 e. The summed E-state index contributed by atoms with van der Waals surface area (Å²) in [7, 11) is 0. The first-order valence-electron chi connectivity index (χ1n) is 10.4. The maximum absolute atomic E-state index is 7.93. The van der Waals surface area contributed by atoms with Crippen LogP contribution in [0.1, 0.15) is 33.4 Å². The molecule has 0 amide bonds. The lowest BCUT2D eigenvalue weighted by Gasteiger charge is -2.17. The zero-order valence-corrected chi connectivity index (χ0v) is 17.4. The number of nitrogens with two attached hydrogens (primary N) is 2. The minimum absolute atomic E-state index is 0.0286. The van der Waals surface area contributed by atoms with Gasteiger partial charge in [0.05, 0.1) is 0 Å². The molecule has 4 nitrogen and oxygen atoms in total. The first kappa shape index (κ1) is 19.5. The molecule has 0 radical (unpaired) electrons. The van der Waals surface area contributed by atoms with Gasteiger partial charge in [0, 0.05) is 11.1 Å². The summed E-state index contributed by atoms with van der Waals surface area (Å²) in [6.07, 6.45) is 0. The molecule has 5 rings (SSSR count). The van der Waals surface area contributed by atoms with Crippen LogP contribution in [-0.4, -0.2) is 11.7 Å². The van der Waals surface area contributed by atoms with Crippen molar-refractivity contribution in [2.45, 2.75) is 0 Å². The molecule has 1 aliphatic rings. The Hall–Kier alpha value is -4.44. The van der Waals surface area contributed by atoms with Crippen LogP contribution < -0.4 is 11.5 Å². The van der Waals surface area contributed by atoms with Crippen LogP contribution >= 0.6 is 0 Å². The third-order valence-corrected chi connectivity index (χ3v) is 5.86. The van der Waals surface area contributed by atoms with E-state index in [1.54, 1.807) is 0 Å². The van der Waals surface area contributed by atoms with E-state index in [1.807, 2.05) is 48.5 Å². The lowest BCUT2D eigenvalue weighted by atomic mass is 9.87. The first-order valence-corrected chi connectivity index (χ1v) is 10.4. The van der Waals surface area contributed by atoms with E-state index in [4.69, 9.17) is 22.3 Å². The van der Waals surface area contributed by atoms with Gasteiger partial charge >= 0.3 is 0 Å². The van der Waals surface area contributed by atoms with Crippen molar-refractivity contribution in [2.75, 3.05) is 0 Å². The number of nitrogens with one attached hydrogen (secondary N) is 2. The predicted octanol–water partition coefficient (Wildman–Crippen LogP) is 5.24. The molecule has 0 spiro atoms. The van der Waals surface area contributed by atoms with Crippen molar-refractivity contribution in [3.05, 3.63) is 130 Å². The number of hydrogen-bond acceptors (Lipinski definition) is 2. The monoisotopic (exact) mass is 414 g/mol. The highest BCUT2D eigenvalue weighted by molar-refractivity contribution is 6.14. The zero-order valence-electron chi connectivity index (χ0n) is 17.4. The van der Waals surface area contributed by atoms with Gasteiger partial charge in [-0.3, -0.25) is 10.8 Å². The summed E-state index contributed by atoms with van der Waals surface area (Å²) in [5, 5.41) is 15.9.